The Kier molecular flexibility index (Phi) is 6.33. The van der Waals surface area contributed by atoms with E-state index in [9.17, 15) is 4.79 Å². The molecule has 0 heterocycles. The van der Waals surface area contributed by atoms with Crippen molar-refractivity contribution in [2.75, 3.05) is 0 Å². The van der Waals surface area contributed by atoms with Crippen LogP contribution in [0.15, 0.2) is 24.3 Å². The lowest BCUT2D eigenvalue weighted by Gasteiger charge is -2.39. The Balaban J connectivity index is 2.36. The molecular formula is C17H29NO. The van der Waals surface area contributed by atoms with E-state index in [1.165, 1.54) is 19.3 Å². The Morgan fingerprint density at radius 1 is 1.21 bits per heavy atom. The second-order valence-corrected chi connectivity index (χ2v) is 6.28. The number of allylic oxidation sites excluding steroid dienone is 3. The van der Waals surface area contributed by atoms with Gasteiger partial charge in [0.2, 0.25) is 5.91 Å². The molecule has 0 bridgehead atoms. The lowest BCUT2D eigenvalue weighted by molar-refractivity contribution is -0.117. The van der Waals surface area contributed by atoms with Gasteiger partial charge in [0.15, 0.2) is 0 Å². The molecule has 0 unspecified atom stereocenters. The molecule has 1 aliphatic rings. The maximum Gasteiger partial charge on any atom is 0.244 e. The van der Waals surface area contributed by atoms with Crippen molar-refractivity contribution in [3.8, 4) is 0 Å². The van der Waals surface area contributed by atoms with Gasteiger partial charge in [-0.2, -0.15) is 0 Å². The van der Waals surface area contributed by atoms with Gasteiger partial charge in [-0.05, 0) is 43.9 Å². The molecule has 19 heavy (non-hydrogen) atoms. The van der Waals surface area contributed by atoms with Gasteiger partial charge in [0.05, 0.1) is 0 Å². The second-order valence-electron chi connectivity index (χ2n) is 6.28. The highest BCUT2D eigenvalue weighted by Crippen LogP contribution is 2.40. The molecule has 108 valence electrons. The maximum absolute atomic E-state index is 11.7. The smallest absolute Gasteiger partial charge is 0.244 e. The van der Waals surface area contributed by atoms with Gasteiger partial charge in [-0.15, -0.1) is 0 Å². The summed E-state index contributed by atoms with van der Waals surface area (Å²) in [6.07, 6.45) is 13.2. The zero-order valence-corrected chi connectivity index (χ0v) is 12.9. The minimum atomic E-state index is 0.0382. The van der Waals surface area contributed by atoms with Crippen LogP contribution in [0.3, 0.4) is 0 Å². The van der Waals surface area contributed by atoms with Crippen LogP contribution in [-0.4, -0.2) is 11.9 Å². The number of carbonyl (C=O) groups excluding carboxylic acids is 1. The molecule has 1 aliphatic carbocycles. The van der Waals surface area contributed by atoms with Crippen LogP contribution >= 0.6 is 0 Å². The van der Waals surface area contributed by atoms with E-state index < -0.39 is 0 Å². The highest BCUT2D eigenvalue weighted by Gasteiger charge is 2.31. The van der Waals surface area contributed by atoms with Crippen LogP contribution in [0, 0.1) is 11.3 Å². The number of hydrogen-bond donors (Lipinski definition) is 1. The van der Waals surface area contributed by atoms with Crippen molar-refractivity contribution < 1.29 is 4.79 Å². The standard InChI is InChI=1S/C17H29NO/c1-5-7-8-9-16(19)18-15-12-10-14(11-13-15)17(3,4)6-2/h5,7-9,14-15H,6,10-13H2,1-4H3,(H,18,19)/b7-5+,9-8+. The summed E-state index contributed by atoms with van der Waals surface area (Å²) in [5.74, 6) is 0.848. The minimum absolute atomic E-state index is 0.0382. The molecule has 1 N–H and O–H groups in total. The highest BCUT2D eigenvalue weighted by molar-refractivity contribution is 5.87. The van der Waals surface area contributed by atoms with E-state index >= 15 is 0 Å². The first-order valence-corrected chi connectivity index (χ1v) is 7.59. The van der Waals surface area contributed by atoms with Crippen LogP contribution in [0.25, 0.3) is 0 Å². The Bertz CT molecular complexity index is 333. The molecule has 0 radical (unpaired) electrons. The third kappa shape index (κ3) is 5.22. The minimum Gasteiger partial charge on any atom is -0.350 e. The maximum atomic E-state index is 11.7. The van der Waals surface area contributed by atoms with Gasteiger partial charge in [-0.1, -0.05) is 45.4 Å². The fraction of sp³-hybridized carbons (Fsp3) is 0.706. The average molecular weight is 263 g/mol. The molecule has 1 fully saturated rings. The number of hydrogen-bond acceptors (Lipinski definition) is 1. The van der Waals surface area contributed by atoms with Gasteiger partial charge >= 0.3 is 0 Å². The average Bonchev–Trinajstić information content (AvgIpc) is 2.39. The van der Waals surface area contributed by atoms with Crippen molar-refractivity contribution in [1.82, 2.24) is 5.32 Å². The summed E-state index contributed by atoms with van der Waals surface area (Å²) in [5.41, 5.74) is 0.445. The molecule has 1 saturated carbocycles. The van der Waals surface area contributed by atoms with Crippen molar-refractivity contribution in [2.45, 2.75) is 65.8 Å². The van der Waals surface area contributed by atoms with Gasteiger partial charge in [0.1, 0.15) is 0 Å². The van der Waals surface area contributed by atoms with Crippen LogP contribution in [0.1, 0.15) is 59.8 Å². The van der Waals surface area contributed by atoms with Crippen molar-refractivity contribution in [1.29, 1.82) is 0 Å². The van der Waals surface area contributed by atoms with E-state index in [0.717, 1.165) is 18.8 Å². The van der Waals surface area contributed by atoms with Crippen LogP contribution in [-0.2, 0) is 4.79 Å². The molecule has 0 aromatic heterocycles. The number of amides is 1. The summed E-state index contributed by atoms with van der Waals surface area (Å²) in [6, 6.07) is 0.367. The van der Waals surface area contributed by atoms with E-state index in [2.05, 4.69) is 26.1 Å². The first-order chi connectivity index (χ1) is 8.99. The summed E-state index contributed by atoms with van der Waals surface area (Å²) in [7, 11) is 0. The van der Waals surface area contributed by atoms with E-state index in [-0.39, 0.29) is 5.91 Å². The third-order valence-corrected chi connectivity index (χ3v) is 4.64. The Hall–Kier alpha value is -1.05. The van der Waals surface area contributed by atoms with Crippen LogP contribution in [0.4, 0.5) is 0 Å². The molecule has 0 saturated heterocycles. The molecule has 0 aromatic carbocycles. The van der Waals surface area contributed by atoms with E-state index in [1.807, 2.05) is 19.1 Å². The summed E-state index contributed by atoms with van der Waals surface area (Å²) in [6.45, 7) is 8.96. The SMILES string of the molecule is C/C=C/C=C/C(=O)NC1CCC(C(C)(C)CC)CC1. The summed E-state index contributed by atoms with van der Waals surface area (Å²) in [4.78, 5) is 11.7. The van der Waals surface area contributed by atoms with Crippen LogP contribution in [0.5, 0.6) is 0 Å². The lowest BCUT2D eigenvalue weighted by atomic mass is 9.69. The molecule has 0 atom stereocenters. The summed E-state index contributed by atoms with van der Waals surface area (Å²) in [5, 5.41) is 3.11. The molecule has 1 amide bonds. The Labute approximate surface area is 118 Å². The lowest BCUT2D eigenvalue weighted by Crippen LogP contribution is -2.39. The second kappa shape index (κ2) is 7.52. The van der Waals surface area contributed by atoms with Gasteiger partial charge < -0.3 is 5.32 Å². The fourth-order valence-electron chi connectivity index (χ4n) is 2.81. The first kappa shape index (κ1) is 16.0. The first-order valence-electron chi connectivity index (χ1n) is 7.59. The monoisotopic (exact) mass is 263 g/mol. The normalized spacial score (nSPS) is 25.1. The predicted octanol–water partition coefficient (Wildman–Crippen LogP) is 4.23. The summed E-state index contributed by atoms with van der Waals surface area (Å²) < 4.78 is 0. The van der Waals surface area contributed by atoms with E-state index in [4.69, 9.17) is 0 Å². The van der Waals surface area contributed by atoms with Crippen molar-refractivity contribution in [3.63, 3.8) is 0 Å². The zero-order chi connectivity index (χ0) is 14.3. The third-order valence-electron chi connectivity index (χ3n) is 4.64. The van der Waals surface area contributed by atoms with Crippen molar-refractivity contribution in [3.05, 3.63) is 24.3 Å². The summed E-state index contributed by atoms with van der Waals surface area (Å²) >= 11 is 0. The number of nitrogens with one attached hydrogen (secondary N) is 1. The van der Waals surface area contributed by atoms with Crippen molar-refractivity contribution >= 4 is 5.91 Å². The highest BCUT2D eigenvalue weighted by atomic mass is 16.1. The predicted molar refractivity (Wildman–Crippen MR) is 81.9 cm³/mol. The van der Waals surface area contributed by atoms with Gasteiger partial charge in [-0.3, -0.25) is 4.79 Å². The molecule has 1 rings (SSSR count). The molecule has 0 spiro atoms. The van der Waals surface area contributed by atoms with E-state index in [1.54, 1.807) is 12.2 Å². The molecule has 0 aromatic rings. The Morgan fingerprint density at radius 3 is 2.37 bits per heavy atom. The number of rotatable bonds is 5. The van der Waals surface area contributed by atoms with Crippen LogP contribution in [0.2, 0.25) is 0 Å². The fourth-order valence-corrected chi connectivity index (χ4v) is 2.81. The van der Waals surface area contributed by atoms with E-state index in [0.29, 0.717) is 11.5 Å². The molecule has 0 aliphatic heterocycles. The quantitative estimate of drug-likeness (QED) is 0.583. The Morgan fingerprint density at radius 2 is 1.84 bits per heavy atom. The van der Waals surface area contributed by atoms with Crippen molar-refractivity contribution in [2.24, 2.45) is 11.3 Å². The molecule has 2 nitrogen and oxygen atoms in total. The molecule has 2 heteroatoms. The van der Waals surface area contributed by atoms with Gasteiger partial charge in [-0.25, -0.2) is 0 Å². The largest absolute Gasteiger partial charge is 0.350 e. The number of carbonyl (C=O) groups is 1. The van der Waals surface area contributed by atoms with Gasteiger partial charge in [0, 0.05) is 12.1 Å². The zero-order valence-electron chi connectivity index (χ0n) is 12.9. The van der Waals surface area contributed by atoms with Gasteiger partial charge in [0.25, 0.3) is 0 Å². The van der Waals surface area contributed by atoms with Crippen LogP contribution < -0.4 is 5.32 Å². The topological polar surface area (TPSA) is 29.1 Å². The molecular weight excluding hydrogens is 234 g/mol.